The Balaban J connectivity index is 2.11. The molecule has 90 valence electrons. The highest BCUT2D eigenvalue weighted by Gasteiger charge is 2.24. The lowest BCUT2D eigenvalue weighted by molar-refractivity contribution is 0.282. The molecule has 17 heavy (non-hydrogen) atoms. The lowest BCUT2D eigenvalue weighted by Gasteiger charge is -2.19. The van der Waals surface area contributed by atoms with Gasteiger partial charge in [0.1, 0.15) is 11.6 Å². The standard InChI is InChI=1S/C13H15FN2O/c1-17-12-5-4-10(13(14)7-12)9-16-6-2-3-11(16)8-15/h4-5,7,11H,2-3,6,9H2,1H3. The van der Waals surface area contributed by atoms with Crippen LogP contribution in [-0.2, 0) is 6.54 Å². The van der Waals surface area contributed by atoms with Crippen molar-refractivity contribution in [3.63, 3.8) is 0 Å². The first-order valence-electron chi connectivity index (χ1n) is 5.70. The average Bonchev–Trinajstić information content (AvgIpc) is 2.79. The van der Waals surface area contributed by atoms with E-state index >= 15 is 0 Å². The molecule has 1 aromatic rings. The molecular formula is C13H15FN2O. The van der Waals surface area contributed by atoms with Gasteiger partial charge in [0.2, 0.25) is 0 Å². The third-order valence-corrected chi connectivity index (χ3v) is 3.15. The normalized spacial score (nSPS) is 20.2. The Hall–Kier alpha value is -1.60. The van der Waals surface area contributed by atoms with E-state index in [1.165, 1.54) is 13.2 Å². The van der Waals surface area contributed by atoms with Crippen LogP contribution in [0.2, 0.25) is 0 Å². The van der Waals surface area contributed by atoms with Crippen molar-refractivity contribution in [1.82, 2.24) is 4.90 Å². The number of hydrogen-bond donors (Lipinski definition) is 0. The van der Waals surface area contributed by atoms with Crippen LogP contribution in [0.25, 0.3) is 0 Å². The van der Waals surface area contributed by atoms with Crippen LogP contribution >= 0.6 is 0 Å². The molecule has 1 aliphatic rings. The van der Waals surface area contributed by atoms with Gasteiger partial charge in [-0.3, -0.25) is 4.90 Å². The van der Waals surface area contributed by atoms with Crippen molar-refractivity contribution in [2.45, 2.75) is 25.4 Å². The predicted octanol–water partition coefficient (Wildman–Crippen LogP) is 2.32. The van der Waals surface area contributed by atoms with Gasteiger partial charge in [-0.1, -0.05) is 6.07 Å². The minimum Gasteiger partial charge on any atom is -0.497 e. The van der Waals surface area contributed by atoms with E-state index in [1.807, 2.05) is 4.90 Å². The summed E-state index contributed by atoms with van der Waals surface area (Å²) in [7, 11) is 1.51. The number of halogens is 1. The van der Waals surface area contributed by atoms with Crippen molar-refractivity contribution in [1.29, 1.82) is 5.26 Å². The molecule has 1 atom stereocenters. The third kappa shape index (κ3) is 2.56. The smallest absolute Gasteiger partial charge is 0.131 e. The van der Waals surface area contributed by atoms with Crippen LogP contribution in [0.15, 0.2) is 18.2 Å². The number of methoxy groups -OCH3 is 1. The summed E-state index contributed by atoms with van der Waals surface area (Å²) in [6, 6.07) is 7.03. The van der Waals surface area contributed by atoms with Crippen LogP contribution in [0.4, 0.5) is 4.39 Å². The van der Waals surface area contributed by atoms with E-state index < -0.39 is 0 Å². The van der Waals surface area contributed by atoms with Crippen molar-refractivity contribution in [2.75, 3.05) is 13.7 Å². The monoisotopic (exact) mass is 234 g/mol. The maximum Gasteiger partial charge on any atom is 0.131 e. The van der Waals surface area contributed by atoms with Gasteiger partial charge in [0.15, 0.2) is 0 Å². The zero-order valence-corrected chi connectivity index (χ0v) is 9.82. The summed E-state index contributed by atoms with van der Waals surface area (Å²) >= 11 is 0. The summed E-state index contributed by atoms with van der Waals surface area (Å²) in [5.74, 6) is 0.248. The van der Waals surface area contributed by atoms with Crippen LogP contribution in [-0.4, -0.2) is 24.6 Å². The summed E-state index contributed by atoms with van der Waals surface area (Å²) in [6.07, 6.45) is 1.89. The van der Waals surface area contributed by atoms with Gasteiger partial charge < -0.3 is 4.74 Å². The van der Waals surface area contributed by atoms with Gasteiger partial charge in [0.25, 0.3) is 0 Å². The molecule has 0 spiro atoms. The predicted molar refractivity (Wildman–Crippen MR) is 62.0 cm³/mol. The second-order valence-electron chi connectivity index (χ2n) is 4.21. The van der Waals surface area contributed by atoms with Gasteiger partial charge in [-0.15, -0.1) is 0 Å². The first kappa shape index (κ1) is 11.9. The summed E-state index contributed by atoms with van der Waals surface area (Å²) in [4.78, 5) is 2.02. The van der Waals surface area contributed by atoms with Crippen molar-refractivity contribution >= 4 is 0 Å². The second-order valence-corrected chi connectivity index (χ2v) is 4.21. The first-order valence-corrected chi connectivity index (χ1v) is 5.70. The topological polar surface area (TPSA) is 36.3 Å². The molecule has 1 heterocycles. The van der Waals surface area contributed by atoms with E-state index in [-0.39, 0.29) is 11.9 Å². The largest absolute Gasteiger partial charge is 0.497 e. The van der Waals surface area contributed by atoms with Crippen molar-refractivity contribution in [3.05, 3.63) is 29.6 Å². The van der Waals surface area contributed by atoms with Crippen molar-refractivity contribution in [2.24, 2.45) is 0 Å². The van der Waals surface area contributed by atoms with Crippen LogP contribution in [0.3, 0.4) is 0 Å². The fourth-order valence-corrected chi connectivity index (χ4v) is 2.16. The zero-order valence-electron chi connectivity index (χ0n) is 9.82. The Bertz CT molecular complexity index is 442. The lowest BCUT2D eigenvalue weighted by atomic mass is 10.1. The van der Waals surface area contributed by atoms with Crippen molar-refractivity contribution < 1.29 is 9.13 Å². The highest BCUT2D eigenvalue weighted by atomic mass is 19.1. The molecule has 0 radical (unpaired) electrons. The molecule has 0 N–H and O–H groups in total. The highest BCUT2D eigenvalue weighted by molar-refractivity contribution is 5.29. The van der Waals surface area contributed by atoms with Gasteiger partial charge >= 0.3 is 0 Å². The number of nitriles is 1. The summed E-state index contributed by atoms with van der Waals surface area (Å²) in [5, 5.41) is 8.96. The van der Waals surface area contributed by atoms with Crippen LogP contribution in [0, 0.1) is 17.1 Å². The molecule has 0 aliphatic carbocycles. The maximum absolute atomic E-state index is 13.7. The highest BCUT2D eigenvalue weighted by Crippen LogP contribution is 2.22. The fourth-order valence-electron chi connectivity index (χ4n) is 2.16. The molecular weight excluding hydrogens is 219 g/mol. The molecule has 2 rings (SSSR count). The zero-order chi connectivity index (χ0) is 12.3. The Morgan fingerprint density at radius 1 is 1.59 bits per heavy atom. The summed E-state index contributed by atoms with van der Waals surface area (Å²) in [5.41, 5.74) is 0.618. The first-order chi connectivity index (χ1) is 8.24. The van der Waals surface area contributed by atoms with Gasteiger partial charge in [0.05, 0.1) is 19.2 Å². The molecule has 1 aromatic carbocycles. The summed E-state index contributed by atoms with van der Waals surface area (Å²) < 4.78 is 18.7. The SMILES string of the molecule is COc1ccc(CN2CCCC2C#N)c(F)c1. The molecule has 4 heteroatoms. The molecule has 0 aromatic heterocycles. The molecule has 0 bridgehead atoms. The number of hydrogen-bond acceptors (Lipinski definition) is 3. The van der Waals surface area contributed by atoms with Gasteiger partial charge in [-0.05, 0) is 25.5 Å². The maximum atomic E-state index is 13.7. The molecule has 0 saturated carbocycles. The average molecular weight is 234 g/mol. The van der Waals surface area contributed by atoms with Crippen LogP contribution in [0.5, 0.6) is 5.75 Å². The third-order valence-electron chi connectivity index (χ3n) is 3.15. The lowest BCUT2D eigenvalue weighted by Crippen LogP contribution is -2.27. The van der Waals surface area contributed by atoms with E-state index in [9.17, 15) is 4.39 Å². The number of ether oxygens (including phenoxy) is 1. The Morgan fingerprint density at radius 2 is 2.41 bits per heavy atom. The number of benzene rings is 1. The molecule has 1 saturated heterocycles. The Labute approximate surface area is 100 Å². The van der Waals surface area contributed by atoms with E-state index in [1.54, 1.807) is 12.1 Å². The molecule has 3 nitrogen and oxygen atoms in total. The minimum atomic E-state index is -0.270. The summed E-state index contributed by atoms with van der Waals surface area (Å²) in [6.45, 7) is 1.36. The molecule has 0 amide bonds. The Morgan fingerprint density at radius 3 is 3.06 bits per heavy atom. The van der Waals surface area contributed by atoms with Gasteiger partial charge in [-0.2, -0.15) is 5.26 Å². The van der Waals surface area contributed by atoms with Gasteiger partial charge in [-0.25, -0.2) is 4.39 Å². The van der Waals surface area contributed by atoms with E-state index in [0.29, 0.717) is 17.9 Å². The van der Waals surface area contributed by atoms with Crippen LogP contribution < -0.4 is 4.74 Å². The quantitative estimate of drug-likeness (QED) is 0.805. The number of rotatable bonds is 3. The molecule has 1 unspecified atom stereocenters. The van der Waals surface area contributed by atoms with E-state index in [2.05, 4.69) is 6.07 Å². The minimum absolute atomic E-state index is 0.0727. The fraction of sp³-hybridized carbons (Fsp3) is 0.462. The van der Waals surface area contributed by atoms with E-state index in [4.69, 9.17) is 10.00 Å². The van der Waals surface area contributed by atoms with E-state index in [0.717, 1.165) is 19.4 Å². The second kappa shape index (κ2) is 5.15. The Kier molecular flexibility index (Phi) is 3.60. The van der Waals surface area contributed by atoms with Crippen LogP contribution in [0.1, 0.15) is 18.4 Å². The molecule has 1 aliphatic heterocycles. The number of likely N-dealkylation sites (tertiary alicyclic amines) is 1. The molecule has 1 fully saturated rings. The van der Waals surface area contributed by atoms with Crippen molar-refractivity contribution in [3.8, 4) is 11.8 Å². The number of nitrogens with zero attached hydrogens (tertiary/aromatic N) is 2. The van der Waals surface area contributed by atoms with Gasteiger partial charge in [0, 0.05) is 18.2 Å².